The van der Waals surface area contributed by atoms with Crippen molar-refractivity contribution in [3.05, 3.63) is 63.1 Å². The van der Waals surface area contributed by atoms with Gasteiger partial charge in [-0.25, -0.2) is 9.37 Å². The molecular formula is C20H23FN4O. The topological polar surface area (TPSA) is 64.8 Å². The Bertz CT molecular complexity index is 1010. The van der Waals surface area contributed by atoms with E-state index in [2.05, 4.69) is 19.9 Å². The van der Waals surface area contributed by atoms with Crippen molar-refractivity contribution in [3.8, 4) is 0 Å². The number of aryl methyl sites for hydroxylation is 1. The molecule has 3 aromatic rings. The molecule has 0 aliphatic carbocycles. The van der Waals surface area contributed by atoms with Crippen LogP contribution in [0.5, 0.6) is 0 Å². The van der Waals surface area contributed by atoms with E-state index in [1.165, 1.54) is 12.1 Å². The third kappa shape index (κ3) is 3.05. The molecule has 0 saturated carbocycles. The predicted molar refractivity (Wildman–Crippen MR) is 99.6 cm³/mol. The van der Waals surface area contributed by atoms with Crippen molar-refractivity contribution in [2.45, 2.75) is 45.7 Å². The highest BCUT2D eigenvalue weighted by Crippen LogP contribution is 2.31. The third-order valence-corrected chi connectivity index (χ3v) is 5.37. The number of fused-ring (bicyclic) bond motifs is 1. The molecule has 0 radical (unpaired) electrons. The van der Waals surface area contributed by atoms with E-state index in [9.17, 15) is 9.18 Å². The van der Waals surface area contributed by atoms with Gasteiger partial charge in [-0.3, -0.25) is 9.69 Å². The summed E-state index contributed by atoms with van der Waals surface area (Å²) < 4.78 is 13.5. The number of rotatable bonds is 3. The van der Waals surface area contributed by atoms with Gasteiger partial charge in [-0.2, -0.15) is 0 Å². The van der Waals surface area contributed by atoms with Crippen molar-refractivity contribution < 1.29 is 4.39 Å². The zero-order valence-corrected chi connectivity index (χ0v) is 15.1. The molecule has 0 spiro atoms. The number of hydrogen-bond acceptors (Lipinski definition) is 3. The van der Waals surface area contributed by atoms with Gasteiger partial charge in [0, 0.05) is 29.6 Å². The monoisotopic (exact) mass is 354 g/mol. The number of nitrogens with zero attached hydrogens (tertiary/aromatic N) is 2. The van der Waals surface area contributed by atoms with Crippen LogP contribution in [0.2, 0.25) is 0 Å². The molecule has 2 N–H and O–H groups in total. The number of piperidine rings is 1. The summed E-state index contributed by atoms with van der Waals surface area (Å²) in [6.07, 6.45) is 5.04. The highest BCUT2D eigenvalue weighted by atomic mass is 19.1. The Labute approximate surface area is 151 Å². The van der Waals surface area contributed by atoms with E-state index in [0.29, 0.717) is 6.54 Å². The van der Waals surface area contributed by atoms with E-state index in [-0.39, 0.29) is 17.3 Å². The summed E-state index contributed by atoms with van der Waals surface area (Å²) >= 11 is 0. The Hall–Kier alpha value is -2.47. The van der Waals surface area contributed by atoms with E-state index in [1.807, 2.05) is 13.8 Å². The number of likely N-dealkylation sites (tertiary alicyclic amines) is 1. The van der Waals surface area contributed by atoms with Gasteiger partial charge in [0.2, 0.25) is 0 Å². The molecule has 26 heavy (non-hydrogen) atoms. The molecular weight excluding hydrogens is 331 g/mol. The number of aromatic amines is 2. The van der Waals surface area contributed by atoms with E-state index in [4.69, 9.17) is 0 Å². The lowest BCUT2D eigenvalue weighted by atomic mass is 10.0. The van der Waals surface area contributed by atoms with Crippen LogP contribution in [-0.4, -0.2) is 26.4 Å². The largest absolute Gasteiger partial charge is 0.363 e. The van der Waals surface area contributed by atoms with Crippen LogP contribution in [0.1, 0.15) is 47.9 Å². The highest BCUT2D eigenvalue weighted by Gasteiger charge is 2.27. The lowest BCUT2D eigenvalue weighted by Gasteiger charge is -2.34. The first-order chi connectivity index (χ1) is 12.5. The first-order valence-corrected chi connectivity index (χ1v) is 9.10. The maximum atomic E-state index is 13.5. The van der Waals surface area contributed by atoms with Gasteiger partial charge in [-0.1, -0.05) is 6.42 Å². The Balaban J connectivity index is 1.66. The first kappa shape index (κ1) is 17.0. The average Bonchev–Trinajstić information content (AvgIpc) is 3.05. The molecule has 2 aromatic heterocycles. The number of imidazole rings is 1. The van der Waals surface area contributed by atoms with Gasteiger partial charge in [0.1, 0.15) is 11.6 Å². The second-order valence-corrected chi connectivity index (χ2v) is 7.17. The molecule has 6 heteroatoms. The normalized spacial score (nSPS) is 18.5. The zero-order chi connectivity index (χ0) is 18.3. The summed E-state index contributed by atoms with van der Waals surface area (Å²) in [4.78, 5) is 25.8. The zero-order valence-electron chi connectivity index (χ0n) is 15.1. The van der Waals surface area contributed by atoms with Gasteiger partial charge in [0.15, 0.2) is 5.43 Å². The van der Waals surface area contributed by atoms with Crippen molar-refractivity contribution in [1.29, 1.82) is 0 Å². The smallest absolute Gasteiger partial charge is 0.187 e. The van der Waals surface area contributed by atoms with Gasteiger partial charge in [-0.05, 0) is 51.4 Å². The van der Waals surface area contributed by atoms with Crippen LogP contribution in [0, 0.1) is 19.7 Å². The number of aromatic nitrogens is 3. The van der Waals surface area contributed by atoms with Gasteiger partial charge in [0.25, 0.3) is 0 Å². The summed E-state index contributed by atoms with van der Waals surface area (Å²) in [5, 5.41) is 0. The number of H-pyrrole nitrogens is 2. The SMILES string of the molecule is Cc1c[nH]c(CN2CCCC[C@@H]2c2nc3ccc(F)cc3[nH]2)c(C)c1=O. The Morgan fingerprint density at radius 1 is 1.31 bits per heavy atom. The Morgan fingerprint density at radius 2 is 2.15 bits per heavy atom. The van der Waals surface area contributed by atoms with Crippen molar-refractivity contribution in [1.82, 2.24) is 19.9 Å². The number of halogens is 1. The highest BCUT2D eigenvalue weighted by molar-refractivity contribution is 5.75. The van der Waals surface area contributed by atoms with Crippen LogP contribution < -0.4 is 5.43 Å². The molecule has 136 valence electrons. The summed E-state index contributed by atoms with van der Waals surface area (Å²) in [5.74, 6) is 0.610. The maximum Gasteiger partial charge on any atom is 0.187 e. The van der Waals surface area contributed by atoms with Crippen LogP contribution >= 0.6 is 0 Å². The molecule has 4 rings (SSSR count). The molecule has 1 fully saturated rings. The molecule has 3 heterocycles. The van der Waals surface area contributed by atoms with Crippen molar-refractivity contribution in [2.75, 3.05) is 6.54 Å². The fourth-order valence-corrected chi connectivity index (χ4v) is 3.82. The maximum absolute atomic E-state index is 13.5. The molecule has 0 unspecified atom stereocenters. The molecule has 1 aliphatic rings. The standard InChI is InChI=1S/C20H23FN4O/c1-12-10-22-17(13(2)19(12)26)11-25-8-4-3-5-18(25)20-23-15-7-6-14(21)9-16(15)24-20/h6-7,9-10,18H,3-5,8,11H2,1-2H3,(H,22,26)(H,23,24)/t18-/m1/s1. The molecule has 5 nitrogen and oxygen atoms in total. The van der Waals surface area contributed by atoms with Crippen molar-refractivity contribution in [3.63, 3.8) is 0 Å². The molecule has 1 aliphatic heterocycles. The van der Waals surface area contributed by atoms with Crippen LogP contribution in [0.25, 0.3) is 11.0 Å². The molecule has 1 saturated heterocycles. The van der Waals surface area contributed by atoms with E-state index < -0.39 is 0 Å². The Morgan fingerprint density at radius 3 is 3.00 bits per heavy atom. The average molecular weight is 354 g/mol. The molecule has 0 amide bonds. The fourth-order valence-electron chi connectivity index (χ4n) is 3.82. The summed E-state index contributed by atoms with van der Waals surface area (Å²) in [6, 6.07) is 4.77. The van der Waals surface area contributed by atoms with Gasteiger partial charge in [-0.15, -0.1) is 0 Å². The van der Waals surface area contributed by atoms with Crippen molar-refractivity contribution >= 4 is 11.0 Å². The summed E-state index contributed by atoms with van der Waals surface area (Å²) in [7, 11) is 0. The van der Waals surface area contributed by atoms with E-state index >= 15 is 0 Å². The van der Waals surface area contributed by atoms with Gasteiger partial charge >= 0.3 is 0 Å². The minimum atomic E-state index is -0.263. The van der Waals surface area contributed by atoms with E-state index in [0.717, 1.165) is 59.5 Å². The van der Waals surface area contributed by atoms with Crippen LogP contribution in [0.15, 0.2) is 29.2 Å². The molecule has 0 bridgehead atoms. The Kier molecular flexibility index (Phi) is 4.36. The lowest BCUT2D eigenvalue weighted by Crippen LogP contribution is -2.34. The van der Waals surface area contributed by atoms with Crippen LogP contribution in [0.3, 0.4) is 0 Å². The fraction of sp³-hybridized carbons (Fsp3) is 0.400. The minimum Gasteiger partial charge on any atom is -0.363 e. The quantitative estimate of drug-likeness (QED) is 0.753. The van der Waals surface area contributed by atoms with Crippen molar-refractivity contribution in [2.24, 2.45) is 0 Å². The predicted octanol–water partition coefficient (Wildman–Crippen LogP) is 3.73. The molecule has 1 atom stereocenters. The number of pyridine rings is 1. The summed E-state index contributed by atoms with van der Waals surface area (Å²) in [5.41, 5.74) is 4.08. The first-order valence-electron chi connectivity index (χ1n) is 9.10. The minimum absolute atomic E-state index is 0.103. The van der Waals surface area contributed by atoms with Gasteiger partial charge in [0.05, 0.1) is 17.1 Å². The summed E-state index contributed by atoms with van der Waals surface area (Å²) in [6.45, 7) is 5.33. The second kappa shape index (κ2) is 6.68. The lowest BCUT2D eigenvalue weighted by molar-refractivity contribution is 0.132. The van der Waals surface area contributed by atoms with Crippen LogP contribution in [-0.2, 0) is 6.54 Å². The number of benzene rings is 1. The van der Waals surface area contributed by atoms with E-state index in [1.54, 1.807) is 12.3 Å². The van der Waals surface area contributed by atoms with Crippen LogP contribution in [0.4, 0.5) is 4.39 Å². The second-order valence-electron chi connectivity index (χ2n) is 7.17. The number of hydrogen-bond donors (Lipinski definition) is 2. The number of nitrogens with one attached hydrogen (secondary N) is 2. The third-order valence-electron chi connectivity index (χ3n) is 5.37. The molecule has 1 aromatic carbocycles. The van der Waals surface area contributed by atoms with Gasteiger partial charge < -0.3 is 9.97 Å².